The van der Waals surface area contributed by atoms with E-state index in [-0.39, 0.29) is 11.7 Å². The maximum absolute atomic E-state index is 11.8. The molecule has 4 nitrogen and oxygen atoms in total. The van der Waals surface area contributed by atoms with Gasteiger partial charge in [-0.25, -0.2) is 8.42 Å². The van der Waals surface area contributed by atoms with Crippen LogP contribution < -0.4 is 5.32 Å². The maximum atomic E-state index is 11.8. The Morgan fingerprint density at radius 2 is 2.11 bits per heavy atom. The molecule has 1 rings (SSSR count). The van der Waals surface area contributed by atoms with Crippen LogP contribution in [-0.4, -0.2) is 32.9 Å². The number of nitrogens with one attached hydrogen (secondary N) is 1. The average molecular weight is 355 g/mol. The number of carbonyl (C=O) groups excluding carboxylic acids is 1. The van der Waals surface area contributed by atoms with Gasteiger partial charge < -0.3 is 5.32 Å². The molecule has 0 fully saturated rings. The minimum atomic E-state index is -2.99. The van der Waals surface area contributed by atoms with E-state index in [4.69, 9.17) is 11.6 Å². The van der Waals surface area contributed by atoms with Gasteiger partial charge in [0.1, 0.15) is 9.84 Å². The highest BCUT2D eigenvalue weighted by Crippen LogP contribution is 2.20. The molecule has 1 amide bonds. The summed E-state index contributed by atoms with van der Waals surface area (Å²) >= 11 is 9.15. The van der Waals surface area contributed by atoms with Crippen LogP contribution in [-0.2, 0) is 9.84 Å². The van der Waals surface area contributed by atoms with Gasteiger partial charge in [-0.3, -0.25) is 4.79 Å². The number of halogens is 2. The summed E-state index contributed by atoms with van der Waals surface area (Å²) in [6.07, 6.45) is 1.55. The van der Waals surface area contributed by atoms with E-state index in [1.54, 1.807) is 18.2 Å². The SMILES string of the molecule is CS(=O)(=O)CCCNC(=O)c1cc(Br)ccc1Cl. The summed E-state index contributed by atoms with van der Waals surface area (Å²) in [5.74, 6) is -0.255. The highest BCUT2D eigenvalue weighted by atomic mass is 79.9. The molecule has 0 bridgehead atoms. The highest BCUT2D eigenvalue weighted by molar-refractivity contribution is 9.10. The smallest absolute Gasteiger partial charge is 0.252 e. The Morgan fingerprint density at radius 3 is 2.72 bits per heavy atom. The van der Waals surface area contributed by atoms with Crippen molar-refractivity contribution in [3.63, 3.8) is 0 Å². The molecule has 0 aromatic heterocycles. The molecule has 0 atom stereocenters. The Labute approximate surface area is 120 Å². The minimum Gasteiger partial charge on any atom is -0.352 e. The second-order valence-electron chi connectivity index (χ2n) is 3.86. The van der Waals surface area contributed by atoms with E-state index in [0.29, 0.717) is 23.6 Å². The van der Waals surface area contributed by atoms with Crippen LogP contribution in [0.4, 0.5) is 0 Å². The lowest BCUT2D eigenvalue weighted by atomic mass is 10.2. The van der Waals surface area contributed by atoms with Gasteiger partial charge in [-0.05, 0) is 24.6 Å². The van der Waals surface area contributed by atoms with Crippen molar-refractivity contribution in [1.82, 2.24) is 5.32 Å². The second kappa shape index (κ2) is 6.54. The topological polar surface area (TPSA) is 63.2 Å². The van der Waals surface area contributed by atoms with E-state index in [2.05, 4.69) is 21.2 Å². The zero-order valence-corrected chi connectivity index (χ0v) is 12.9. The van der Waals surface area contributed by atoms with Crippen LogP contribution in [0.2, 0.25) is 5.02 Å². The standard InChI is InChI=1S/C11H13BrClNO3S/c1-18(16,17)6-2-5-14-11(15)9-7-8(12)3-4-10(9)13/h3-4,7H,2,5-6H2,1H3,(H,14,15). The van der Waals surface area contributed by atoms with Gasteiger partial charge in [-0.15, -0.1) is 0 Å². The van der Waals surface area contributed by atoms with Crippen LogP contribution in [0.25, 0.3) is 0 Å². The molecule has 0 aliphatic rings. The lowest BCUT2D eigenvalue weighted by Crippen LogP contribution is -2.26. The van der Waals surface area contributed by atoms with E-state index in [9.17, 15) is 13.2 Å². The maximum Gasteiger partial charge on any atom is 0.252 e. The van der Waals surface area contributed by atoms with Crippen molar-refractivity contribution in [3.8, 4) is 0 Å². The number of benzene rings is 1. The molecule has 1 aromatic carbocycles. The quantitative estimate of drug-likeness (QED) is 0.825. The number of hydrogen-bond donors (Lipinski definition) is 1. The lowest BCUT2D eigenvalue weighted by molar-refractivity contribution is 0.0954. The van der Waals surface area contributed by atoms with E-state index < -0.39 is 9.84 Å². The summed E-state index contributed by atoms with van der Waals surface area (Å²) in [5.41, 5.74) is 0.366. The van der Waals surface area contributed by atoms with Crippen LogP contribution in [0, 0.1) is 0 Å². The van der Waals surface area contributed by atoms with Crippen molar-refractivity contribution in [1.29, 1.82) is 0 Å². The Morgan fingerprint density at radius 1 is 1.44 bits per heavy atom. The van der Waals surface area contributed by atoms with Gasteiger partial charge in [0.2, 0.25) is 0 Å². The predicted octanol–water partition coefficient (Wildman–Crippen LogP) is 2.27. The highest BCUT2D eigenvalue weighted by Gasteiger charge is 2.10. The predicted molar refractivity (Wildman–Crippen MR) is 75.8 cm³/mol. The Balaban J connectivity index is 2.53. The van der Waals surface area contributed by atoms with Crippen molar-refractivity contribution in [2.75, 3.05) is 18.6 Å². The summed E-state index contributed by atoms with van der Waals surface area (Å²) < 4.78 is 22.6. The lowest BCUT2D eigenvalue weighted by Gasteiger charge is -2.06. The van der Waals surface area contributed by atoms with Crippen molar-refractivity contribution < 1.29 is 13.2 Å². The van der Waals surface area contributed by atoms with Crippen LogP contribution in [0.3, 0.4) is 0 Å². The number of rotatable bonds is 5. The van der Waals surface area contributed by atoms with Gasteiger partial charge in [0, 0.05) is 17.3 Å². The third-order valence-corrected chi connectivity index (χ3v) is 4.00. The largest absolute Gasteiger partial charge is 0.352 e. The van der Waals surface area contributed by atoms with Gasteiger partial charge in [-0.2, -0.15) is 0 Å². The molecular weight excluding hydrogens is 342 g/mol. The fourth-order valence-corrected chi connectivity index (χ4v) is 2.54. The van der Waals surface area contributed by atoms with E-state index in [1.165, 1.54) is 6.26 Å². The molecular formula is C11H13BrClNO3S. The molecule has 1 aromatic rings. The molecule has 0 spiro atoms. The third-order valence-electron chi connectivity index (χ3n) is 2.15. The second-order valence-corrected chi connectivity index (χ2v) is 7.45. The van der Waals surface area contributed by atoms with Gasteiger partial charge >= 0.3 is 0 Å². The Bertz CT molecular complexity index is 545. The van der Waals surface area contributed by atoms with E-state index >= 15 is 0 Å². The molecule has 0 unspecified atom stereocenters. The van der Waals surface area contributed by atoms with Gasteiger partial charge in [0.15, 0.2) is 0 Å². The number of amides is 1. The molecule has 18 heavy (non-hydrogen) atoms. The molecule has 0 aliphatic carbocycles. The first-order valence-corrected chi connectivity index (χ1v) is 8.44. The monoisotopic (exact) mass is 353 g/mol. The first-order chi connectivity index (χ1) is 8.29. The number of carbonyl (C=O) groups is 1. The van der Waals surface area contributed by atoms with Crippen molar-refractivity contribution >= 4 is 43.3 Å². The van der Waals surface area contributed by atoms with E-state index in [0.717, 1.165) is 4.47 Å². The average Bonchev–Trinajstić information content (AvgIpc) is 2.26. The molecule has 0 heterocycles. The normalized spacial score (nSPS) is 11.3. The van der Waals surface area contributed by atoms with Gasteiger partial charge in [-0.1, -0.05) is 27.5 Å². The first kappa shape index (κ1) is 15.5. The van der Waals surface area contributed by atoms with Crippen LogP contribution >= 0.6 is 27.5 Å². The molecule has 100 valence electrons. The Kier molecular flexibility index (Phi) is 5.62. The van der Waals surface area contributed by atoms with Gasteiger partial charge in [0.05, 0.1) is 16.3 Å². The van der Waals surface area contributed by atoms with Crippen LogP contribution in [0.1, 0.15) is 16.8 Å². The van der Waals surface area contributed by atoms with Gasteiger partial charge in [0.25, 0.3) is 5.91 Å². The van der Waals surface area contributed by atoms with Crippen molar-refractivity contribution in [2.45, 2.75) is 6.42 Å². The first-order valence-electron chi connectivity index (χ1n) is 5.20. The van der Waals surface area contributed by atoms with Crippen LogP contribution in [0.5, 0.6) is 0 Å². The molecule has 0 saturated heterocycles. The minimum absolute atomic E-state index is 0.0551. The molecule has 1 N–H and O–H groups in total. The number of sulfone groups is 1. The van der Waals surface area contributed by atoms with E-state index in [1.807, 2.05) is 0 Å². The Hall–Kier alpha value is -0.590. The number of hydrogen-bond acceptors (Lipinski definition) is 3. The molecule has 7 heteroatoms. The van der Waals surface area contributed by atoms with Crippen molar-refractivity contribution in [3.05, 3.63) is 33.3 Å². The third kappa shape index (κ3) is 5.37. The molecule has 0 radical (unpaired) electrons. The molecule has 0 aliphatic heterocycles. The summed E-state index contributed by atoms with van der Waals surface area (Å²) in [6, 6.07) is 4.98. The fraction of sp³-hybridized carbons (Fsp3) is 0.364. The fourth-order valence-electron chi connectivity index (χ4n) is 1.30. The van der Waals surface area contributed by atoms with Crippen LogP contribution in [0.15, 0.2) is 22.7 Å². The zero-order valence-electron chi connectivity index (χ0n) is 9.74. The summed E-state index contributed by atoms with van der Waals surface area (Å²) in [7, 11) is -2.99. The zero-order chi connectivity index (χ0) is 13.8. The molecule has 0 saturated carbocycles. The summed E-state index contributed by atoms with van der Waals surface area (Å²) in [4.78, 5) is 11.8. The van der Waals surface area contributed by atoms with Crippen molar-refractivity contribution in [2.24, 2.45) is 0 Å². The summed E-state index contributed by atoms with van der Waals surface area (Å²) in [6.45, 7) is 0.300. The summed E-state index contributed by atoms with van der Waals surface area (Å²) in [5, 5.41) is 2.99.